The van der Waals surface area contributed by atoms with Gasteiger partial charge < -0.3 is 9.84 Å². The summed E-state index contributed by atoms with van der Waals surface area (Å²) in [6, 6.07) is 0. The molecule has 0 spiro atoms. The summed E-state index contributed by atoms with van der Waals surface area (Å²) in [6.07, 6.45) is -0.0401. The number of hydrogen-bond acceptors (Lipinski definition) is 2. The summed E-state index contributed by atoms with van der Waals surface area (Å²) < 4.78 is 4.90. The quantitative estimate of drug-likeness (QED) is 0.623. The first-order chi connectivity index (χ1) is 4.66. The molecular formula is C6H11ClO3. The van der Waals surface area contributed by atoms with E-state index >= 15 is 0 Å². The topological polar surface area (TPSA) is 46.5 Å². The third-order valence-electron chi connectivity index (χ3n) is 0.899. The fraction of sp³-hybridized carbons (Fsp3) is 0.833. The van der Waals surface area contributed by atoms with Crippen LogP contribution in [0.25, 0.3) is 0 Å². The highest BCUT2D eigenvalue weighted by Gasteiger charge is 2.08. The smallest absolute Gasteiger partial charge is 0.304 e. The zero-order valence-corrected chi connectivity index (χ0v) is 6.60. The molecule has 1 unspecified atom stereocenters. The first-order valence-electron chi connectivity index (χ1n) is 3.10. The molecule has 0 heterocycles. The van der Waals surface area contributed by atoms with Crippen LogP contribution in [-0.2, 0) is 9.53 Å². The second-order valence-electron chi connectivity index (χ2n) is 1.85. The third kappa shape index (κ3) is 5.85. The summed E-state index contributed by atoms with van der Waals surface area (Å²) in [6.45, 7) is 2.72. The lowest BCUT2D eigenvalue weighted by Gasteiger charge is -2.04. The van der Waals surface area contributed by atoms with Crippen molar-refractivity contribution < 1.29 is 14.6 Å². The Morgan fingerprint density at radius 1 is 1.80 bits per heavy atom. The van der Waals surface area contributed by atoms with Crippen molar-refractivity contribution in [2.45, 2.75) is 18.7 Å². The summed E-state index contributed by atoms with van der Waals surface area (Å²) >= 11 is 5.55. The van der Waals surface area contributed by atoms with Crippen LogP contribution in [0, 0.1) is 0 Å². The number of carboxylic acids is 1. The van der Waals surface area contributed by atoms with Crippen LogP contribution in [0.1, 0.15) is 13.3 Å². The standard InChI is InChI=1S/C6H11ClO3/c1-2-10-4-5(7)3-6(8)9/h5H,2-4H2,1H3,(H,8,9). The number of alkyl halides is 1. The maximum atomic E-state index is 10.0. The van der Waals surface area contributed by atoms with E-state index < -0.39 is 11.3 Å². The highest BCUT2D eigenvalue weighted by molar-refractivity contribution is 6.21. The largest absolute Gasteiger partial charge is 0.481 e. The lowest BCUT2D eigenvalue weighted by molar-refractivity contribution is -0.137. The van der Waals surface area contributed by atoms with Crippen LogP contribution in [0.3, 0.4) is 0 Å². The summed E-state index contributed by atoms with van der Waals surface area (Å²) in [5.74, 6) is -0.889. The van der Waals surface area contributed by atoms with Crippen LogP contribution in [-0.4, -0.2) is 29.7 Å². The molecule has 1 N–H and O–H groups in total. The van der Waals surface area contributed by atoms with Gasteiger partial charge in [-0.3, -0.25) is 4.79 Å². The minimum absolute atomic E-state index is 0.0401. The van der Waals surface area contributed by atoms with Gasteiger partial charge in [0, 0.05) is 6.61 Å². The molecule has 4 heteroatoms. The van der Waals surface area contributed by atoms with Crippen LogP contribution in [0.15, 0.2) is 0 Å². The first kappa shape index (κ1) is 9.72. The average molecular weight is 167 g/mol. The number of hydrogen-bond donors (Lipinski definition) is 1. The van der Waals surface area contributed by atoms with Crippen molar-refractivity contribution in [1.29, 1.82) is 0 Å². The van der Waals surface area contributed by atoms with Crippen molar-refractivity contribution in [3.63, 3.8) is 0 Å². The summed E-state index contributed by atoms with van der Waals surface area (Å²) in [5, 5.41) is 7.84. The molecular weight excluding hydrogens is 156 g/mol. The number of carbonyl (C=O) groups is 1. The van der Waals surface area contributed by atoms with E-state index in [1.54, 1.807) is 0 Å². The molecule has 0 saturated carbocycles. The van der Waals surface area contributed by atoms with Gasteiger partial charge in [-0.2, -0.15) is 0 Å². The molecule has 10 heavy (non-hydrogen) atoms. The van der Waals surface area contributed by atoms with Crippen LogP contribution < -0.4 is 0 Å². The van der Waals surface area contributed by atoms with E-state index in [1.807, 2.05) is 6.92 Å². The van der Waals surface area contributed by atoms with E-state index in [1.165, 1.54) is 0 Å². The fourth-order valence-electron chi connectivity index (χ4n) is 0.494. The van der Waals surface area contributed by atoms with Gasteiger partial charge in [-0.1, -0.05) is 0 Å². The summed E-state index contributed by atoms with van der Waals surface area (Å²) in [4.78, 5) is 10.0. The van der Waals surface area contributed by atoms with Crippen LogP contribution in [0.4, 0.5) is 0 Å². The zero-order chi connectivity index (χ0) is 7.98. The molecule has 0 aliphatic carbocycles. The minimum Gasteiger partial charge on any atom is -0.481 e. The van der Waals surface area contributed by atoms with E-state index in [9.17, 15) is 4.79 Å². The van der Waals surface area contributed by atoms with Gasteiger partial charge in [0.05, 0.1) is 18.4 Å². The molecule has 0 fully saturated rings. The summed E-state index contributed by atoms with van der Waals surface area (Å²) in [7, 11) is 0. The number of carboxylic acid groups (broad SMARTS) is 1. The van der Waals surface area contributed by atoms with E-state index in [-0.39, 0.29) is 6.42 Å². The number of ether oxygens (including phenoxy) is 1. The van der Waals surface area contributed by atoms with E-state index in [2.05, 4.69) is 0 Å². The predicted octanol–water partition coefficient (Wildman–Crippen LogP) is 1.10. The van der Waals surface area contributed by atoms with E-state index in [0.717, 1.165) is 0 Å². The Hall–Kier alpha value is -0.280. The number of rotatable bonds is 5. The van der Waals surface area contributed by atoms with Crippen LogP contribution in [0.2, 0.25) is 0 Å². The first-order valence-corrected chi connectivity index (χ1v) is 3.54. The van der Waals surface area contributed by atoms with Gasteiger partial charge in [0.2, 0.25) is 0 Å². The Kier molecular flexibility index (Phi) is 5.35. The van der Waals surface area contributed by atoms with Gasteiger partial charge in [0.1, 0.15) is 0 Å². The van der Waals surface area contributed by atoms with Gasteiger partial charge in [0.25, 0.3) is 0 Å². The molecule has 0 aromatic rings. The second kappa shape index (κ2) is 5.50. The summed E-state index contributed by atoms with van der Waals surface area (Å²) in [5.41, 5.74) is 0. The molecule has 0 aliphatic rings. The highest BCUT2D eigenvalue weighted by atomic mass is 35.5. The molecule has 0 bridgehead atoms. The normalized spacial score (nSPS) is 13.0. The van der Waals surface area contributed by atoms with E-state index in [4.69, 9.17) is 21.4 Å². The van der Waals surface area contributed by atoms with E-state index in [0.29, 0.717) is 13.2 Å². The van der Waals surface area contributed by atoms with Gasteiger partial charge in [-0.25, -0.2) is 0 Å². The SMILES string of the molecule is CCOCC(Cl)CC(=O)O. The van der Waals surface area contributed by atoms with Gasteiger partial charge in [-0.15, -0.1) is 11.6 Å². The van der Waals surface area contributed by atoms with Crippen molar-refractivity contribution >= 4 is 17.6 Å². The van der Waals surface area contributed by atoms with Gasteiger partial charge >= 0.3 is 5.97 Å². The molecule has 1 atom stereocenters. The minimum atomic E-state index is -0.889. The Bertz CT molecular complexity index is 105. The molecule has 3 nitrogen and oxygen atoms in total. The molecule has 0 aromatic heterocycles. The highest BCUT2D eigenvalue weighted by Crippen LogP contribution is 2.01. The average Bonchev–Trinajstić information content (AvgIpc) is 1.82. The molecule has 0 aliphatic heterocycles. The van der Waals surface area contributed by atoms with Crippen molar-refractivity contribution in [2.24, 2.45) is 0 Å². The fourth-order valence-corrected chi connectivity index (χ4v) is 0.715. The van der Waals surface area contributed by atoms with Crippen molar-refractivity contribution in [2.75, 3.05) is 13.2 Å². The Balaban J connectivity index is 3.25. The predicted molar refractivity (Wildman–Crippen MR) is 38.4 cm³/mol. The van der Waals surface area contributed by atoms with Crippen LogP contribution >= 0.6 is 11.6 Å². The second-order valence-corrected chi connectivity index (χ2v) is 2.47. The van der Waals surface area contributed by atoms with Crippen molar-refractivity contribution in [3.8, 4) is 0 Å². The maximum Gasteiger partial charge on any atom is 0.304 e. The number of halogens is 1. The van der Waals surface area contributed by atoms with Crippen molar-refractivity contribution in [3.05, 3.63) is 0 Å². The van der Waals surface area contributed by atoms with Gasteiger partial charge in [-0.05, 0) is 6.92 Å². The molecule has 0 saturated heterocycles. The molecule has 0 aromatic carbocycles. The lowest BCUT2D eigenvalue weighted by Crippen LogP contribution is -2.13. The Labute approximate surface area is 64.9 Å². The number of aliphatic carboxylic acids is 1. The molecule has 0 radical (unpaired) electrons. The van der Waals surface area contributed by atoms with Crippen molar-refractivity contribution in [1.82, 2.24) is 0 Å². The maximum absolute atomic E-state index is 10.0. The molecule has 0 amide bonds. The van der Waals surface area contributed by atoms with Gasteiger partial charge in [0.15, 0.2) is 0 Å². The zero-order valence-electron chi connectivity index (χ0n) is 5.84. The molecule has 60 valence electrons. The molecule has 0 rings (SSSR count). The van der Waals surface area contributed by atoms with Crippen LogP contribution in [0.5, 0.6) is 0 Å². The Morgan fingerprint density at radius 2 is 2.40 bits per heavy atom. The lowest BCUT2D eigenvalue weighted by atomic mass is 10.3. The third-order valence-corrected chi connectivity index (χ3v) is 1.18. The monoisotopic (exact) mass is 166 g/mol. The Morgan fingerprint density at radius 3 is 2.80 bits per heavy atom.